The highest BCUT2D eigenvalue weighted by atomic mass is 35.5. The topological polar surface area (TPSA) is 120 Å². The lowest BCUT2D eigenvalue weighted by molar-refractivity contribution is 0.311. The second-order valence-corrected chi connectivity index (χ2v) is 5.46. The Kier molecular flexibility index (Phi) is 6.16. The average Bonchev–Trinajstić information content (AvgIpc) is 3.41. The number of hydrogen-bond donors (Lipinski definition) is 5. The van der Waals surface area contributed by atoms with Crippen molar-refractivity contribution in [2.75, 3.05) is 55.1 Å². The summed E-state index contributed by atoms with van der Waals surface area (Å²) in [4.78, 5) is 17.8. The monoisotopic (exact) mass is 354 g/mol. The third-order valence-electron chi connectivity index (χ3n) is 3.65. The van der Waals surface area contributed by atoms with E-state index < -0.39 is 0 Å². The lowest BCUT2D eigenvalue weighted by Crippen LogP contribution is -2.13. The van der Waals surface area contributed by atoms with Gasteiger partial charge in [0.2, 0.25) is 11.9 Å². The molecule has 0 amide bonds. The molecule has 0 radical (unpaired) electrons. The summed E-state index contributed by atoms with van der Waals surface area (Å²) in [6, 6.07) is 0. The molecule has 132 valence electrons. The van der Waals surface area contributed by atoms with Crippen LogP contribution < -0.4 is 21.3 Å². The van der Waals surface area contributed by atoms with Gasteiger partial charge in [-0.05, 0) is 18.8 Å². The van der Waals surface area contributed by atoms with Crippen LogP contribution in [0, 0.1) is 5.92 Å². The Hall–Kier alpha value is -2.13. The van der Waals surface area contributed by atoms with Crippen LogP contribution in [-0.4, -0.2) is 58.8 Å². The maximum atomic E-state index is 9.05. The van der Waals surface area contributed by atoms with Crippen molar-refractivity contribution in [3.63, 3.8) is 0 Å². The molecule has 0 unspecified atom stereocenters. The maximum absolute atomic E-state index is 9.05. The number of aliphatic hydroxyl groups excluding tert-OH is 1. The van der Waals surface area contributed by atoms with Crippen molar-refractivity contribution < 1.29 is 5.11 Å². The standard InChI is InChI=1S/C14H22N8O.ClH/c1-15-13-20-10-9(11(21-13)17-5-6-23)19-14(16-2)22-12(10)18-7-8-3-4-8;/h8,23H,3-7H2,1-2H3,(H2,15,17,20,21)(H2,16,18,19,22);1H. The lowest BCUT2D eigenvalue weighted by atomic mass is 10.3. The summed E-state index contributed by atoms with van der Waals surface area (Å²) >= 11 is 0. The number of nitrogens with one attached hydrogen (secondary N) is 4. The van der Waals surface area contributed by atoms with Gasteiger partial charge in [-0.1, -0.05) is 0 Å². The van der Waals surface area contributed by atoms with Crippen LogP contribution in [-0.2, 0) is 0 Å². The minimum atomic E-state index is 0. The number of halogens is 1. The van der Waals surface area contributed by atoms with Crippen LogP contribution in [0.4, 0.5) is 23.5 Å². The molecule has 2 aromatic heterocycles. The molecule has 1 fully saturated rings. The molecule has 2 aromatic rings. The maximum Gasteiger partial charge on any atom is 0.225 e. The molecule has 24 heavy (non-hydrogen) atoms. The van der Waals surface area contributed by atoms with Crippen LogP contribution in [0.25, 0.3) is 11.0 Å². The molecule has 0 atom stereocenters. The Bertz CT molecular complexity index is 694. The SMILES string of the molecule is CNc1nc(NCC2CC2)c2nc(NC)nc(NCCO)c2n1.Cl. The van der Waals surface area contributed by atoms with Crippen LogP contribution in [0.1, 0.15) is 12.8 Å². The van der Waals surface area contributed by atoms with Gasteiger partial charge in [0.15, 0.2) is 11.6 Å². The van der Waals surface area contributed by atoms with Crippen LogP contribution in [0.3, 0.4) is 0 Å². The quantitative estimate of drug-likeness (QED) is 0.475. The molecule has 1 aliphatic rings. The van der Waals surface area contributed by atoms with Crippen molar-refractivity contribution >= 4 is 47.0 Å². The summed E-state index contributed by atoms with van der Waals surface area (Å²) in [6.07, 6.45) is 2.52. The van der Waals surface area contributed by atoms with Gasteiger partial charge in [-0.25, -0.2) is 9.97 Å². The summed E-state index contributed by atoms with van der Waals surface area (Å²) in [5.41, 5.74) is 1.28. The summed E-state index contributed by atoms with van der Waals surface area (Å²) in [7, 11) is 3.53. The minimum Gasteiger partial charge on any atom is -0.395 e. The van der Waals surface area contributed by atoms with E-state index in [1.807, 2.05) is 0 Å². The summed E-state index contributed by atoms with van der Waals surface area (Å²) in [5.74, 6) is 2.96. The zero-order chi connectivity index (χ0) is 16.2. The van der Waals surface area contributed by atoms with Gasteiger partial charge < -0.3 is 26.4 Å². The smallest absolute Gasteiger partial charge is 0.225 e. The van der Waals surface area contributed by atoms with E-state index in [9.17, 15) is 0 Å². The van der Waals surface area contributed by atoms with Gasteiger partial charge in [-0.2, -0.15) is 9.97 Å². The number of aliphatic hydroxyl groups is 1. The predicted molar refractivity (Wildman–Crippen MR) is 98.3 cm³/mol. The van der Waals surface area contributed by atoms with Crippen molar-refractivity contribution in [2.45, 2.75) is 12.8 Å². The normalized spacial score (nSPS) is 13.3. The Morgan fingerprint density at radius 2 is 1.46 bits per heavy atom. The Morgan fingerprint density at radius 1 is 0.917 bits per heavy atom. The first kappa shape index (κ1) is 18.2. The number of nitrogens with zero attached hydrogens (tertiary/aromatic N) is 4. The van der Waals surface area contributed by atoms with Crippen molar-refractivity contribution in [3.8, 4) is 0 Å². The van der Waals surface area contributed by atoms with Crippen LogP contribution in [0.15, 0.2) is 0 Å². The fourth-order valence-electron chi connectivity index (χ4n) is 2.22. The van der Waals surface area contributed by atoms with Gasteiger partial charge in [0.05, 0.1) is 6.61 Å². The number of rotatable bonds is 8. The first-order chi connectivity index (χ1) is 11.2. The molecule has 10 heteroatoms. The number of aromatic nitrogens is 4. The van der Waals surface area contributed by atoms with Gasteiger partial charge >= 0.3 is 0 Å². The van der Waals surface area contributed by atoms with Crippen molar-refractivity contribution in [1.29, 1.82) is 0 Å². The highest BCUT2D eigenvalue weighted by Gasteiger charge is 2.22. The number of hydrogen-bond acceptors (Lipinski definition) is 9. The molecular weight excluding hydrogens is 332 g/mol. The number of fused-ring (bicyclic) bond motifs is 1. The van der Waals surface area contributed by atoms with Gasteiger partial charge in [0, 0.05) is 27.2 Å². The Labute approximate surface area is 146 Å². The van der Waals surface area contributed by atoms with Gasteiger partial charge in [0.1, 0.15) is 11.0 Å². The lowest BCUT2D eigenvalue weighted by Gasteiger charge is -2.13. The molecule has 5 N–H and O–H groups in total. The minimum absolute atomic E-state index is 0. The molecule has 0 bridgehead atoms. The highest BCUT2D eigenvalue weighted by molar-refractivity contribution is 5.94. The molecule has 0 aliphatic heterocycles. The van der Waals surface area contributed by atoms with Crippen LogP contribution in [0.5, 0.6) is 0 Å². The fourth-order valence-corrected chi connectivity index (χ4v) is 2.22. The van der Waals surface area contributed by atoms with Crippen LogP contribution >= 0.6 is 12.4 Å². The molecule has 9 nitrogen and oxygen atoms in total. The van der Waals surface area contributed by atoms with Crippen LogP contribution in [0.2, 0.25) is 0 Å². The Balaban J connectivity index is 0.00000208. The second-order valence-electron chi connectivity index (χ2n) is 5.46. The number of anilines is 4. The van der Waals surface area contributed by atoms with Crippen molar-refractivity contribution in [3.05, 3.63) is 0 Å². The molecular formula is C14H23ClN8O. The van der Waals surface area contributed by atoms with Gasteiger partial charge in [-0.3, -0.25) is 0 Å². The van der Waals surface area contributed by atoms with Gasteiger partial charge in [-0.15, -0.1) is 12.4 Å². The van der Waals surface area contributed by atoms with E-state index in [1.54, 1.807) is 14.1 Å². The van der Waals surface area contributed by atoms with E-state index in [2.05, 4.69) is 41.2 Å². The van der Waals surface area contributed by atoms with E-state index in [-0.39, 0.29) is 19.0 Å². The first-order valence-corrected chi connectivity index (χ1v) is 7.79. The Morgan fingerprint density at radius 3 is 1.92 bits per heavy atom. The second kappa shape index (κ2) is 8.11. The highest BCUT2D eigenvalue weighted by Crippen LogP contribution is 2.31. The molecule has 1 saturated carbocycles. The summed E-state index contributed by atoms with van der Waals surface area (Å²) in [6.45, 7) is 1.28. The molecule has 0 spiro atoms. The van der Waals surface area contributed by atoms with E-state index in [4.69, 9.17) is 5.11 Å². The summed E-state index contributed by atoms with van der Waals surface area (Å²) < 4.78 is 0. The molecule has 1 aliphatic carbocycles. The average molecular weight is 355 g/mol. The molecule has 3 rings (SSSR count). The molecule has 0 aromatic carbocycles. The van der Waals surface area contributed by atoms with Gasteiger partial charge in [0.25, 0.3) is 0 Å². The van der Waals surface area contributed by atoms with E-state index in [0.29, 0.717) is 41.1 Å². The zero-order valence-electron chi connectivity index (χ0n) is 13.8. The van der Waals surface area contributed by atoms with Crippen molar-refractivity contribution in [1.82, 2.24) is 19.9 Å². The third kappa shape index (κ3) is 4.04. The largest absolute Gasteiger partial charge is 0.395 e. The molecule has 0 saturated heterocycles. The molecule has 2 heterocycles. The van der Waals surface area contributed by atoms with E-state index in [1.165, 1.54) is 12.8 Å². The first-order valence-electron chi connectivity index (χ1n) is 7.79. The zero-order valence-corrected chi connectivity index (χ0v) is 14.6. The van der Waals surface area contributed by atoms with E-state index >= 15 is 0 Å². The predicted octanol–water partition coefficient (Wildman–Crippen LogP) is 1.15. The fraction of sp³-hybridized carbons (Fsp3) is 0.571. The van der Waals surface area contributed by atoms with Crippen molar-refractivity contribution in [2.24, 2.45) is 5.92 Å². The third-order valence-corrected chi connectivity index (χ3v) is 3.65. The van der Waals surface area contributed by atoms with E-state index in [0.717, 1.165) is 12.5 Å². The summed E-state index contributed by atoms with van der Waals surface area (Å²) in [5, 5.41) is 21.4.